The third-order valence-electron chi connectivity index (χ3n) is 7.50. The molecule has 176 valence electrons. The first-order valence-electron chi connectivity index (χ1n) is 11.8. The summed E-state index contributed by atoms with van der Waals surface area (Å²) in [5, 5.41) is 19.3. The number of carbonyl (C=O) groups is 2. The van der Waals surface area contributed by atoms with Crippen molar-refractivity contribution in [3.8, 4) is 0 Å². The SMILES string of the molecule is CC(C)N(C(=O)O)c1ccc(N2CCCC3(CCN(C4CCC(O)CC4)C3=O)C2)c(F)c1. The summed E-state index contributed by atoms with van der Waals surface area (Å²) in [4.78, 5) is 30.2. The van der Waals surface area contributed by atoms with Gasteiger partial charge in [-0.25, -0.2) is 9.18 Å². The topological polar surface area (TPSA) is 84.3 Å². The summed E-state index contributed by atoms with van der Waals surface area (Å²) < 4.78 is 15.1. The zero-order valence-electron chi connectivity index (χ0n) is 19.0. The molecule has 2 saturated heterocycles. The van der Waals surface area contributed by atoms with Crippen LogP contribution in [0.5, 0.6) is 0 Å². The van der Waals surface area contributed by atoms with Gasteiger partial charge in [0.25, 0.3) is 0 Å². The molecule has 1 aromatic rings. The lowest BCUT2D eigenvalue weighted by molar-refractivity contribution is -0.139. The molecule has 2 aliphatic heterocycles. The van der Waals surface area contributed by atoms with Gasteiger partial charge in [-0.05, 0) is 77.0 Å². The largest absolute Gasteiger partial charge is 0.465 e. The lowest BCUT2D eigenvalue weighted by Crippen LogP contribution is -2.50. The van der Waals surface area contributed by atoms with Crippen LogP contribution in [0.2, 0.25) is 0 Å². The van der Waals surface area contributed by atoms with Crippen LogP contribution in [0, 0.1) is 11.2 Å². The summed E-state index contributed by atoms with van der Waals surface area (Å²) in [6.45, 7) is 5.39. The molecular weight excluding hydrogens is 413 g/mol. The second-order valence-corrected chi connectivity index (χ2v) is 9.90. The van der Waals surface area contributed by atoms with Crippen LogP contribution in [0.1, 0.15) is 58.8 Å². The number of aliphatic hydroxyl groups is 1. The summed E-state index contributed by atoms with van der Waals surface area (Å²) in [6, 6.07) is 4.46. The number of anilines is 2. The van der Waals surface area contributed by atoms with Gasteiger partial charge in [0.15, 0.2) is 0 Å². The molecule has 2 heterocycles. The van der Waals surface area contributed by atoms with E-state index in [1.165, 1.54) is 6.07 Å². The standard InChI is InChI=1S/C24H34FN3O4/c1-16(2)28(23(31)32)18-6-9-21(20(25)14-18)26-12-3-10-24(15-26)11-13-27(22(24)30)17-4-7-19(29)8-5-17/h6,9,14,16-17,19,29H,3-5,7-8,10-13,15H2,1-2H3,(H,31,32). The Hall–Kier alpha value is -2.35. The molecule has 0 bridgehead atoms. The van der Waals surface area contributed by atoms with E-state index in [4.69, 9.17) is 0 Å². The fourth-order valence-electron chi connectivity index (χ4n) is 5.81. The van der Waals surface area contributed by atoms with Gasteiger partial charge in [-0.3, -0.25) is 9.69 Å². The fourth-order valence-corrected chi connectivity index (χ4v) is 5.81. The highest BCUT2D eigenvalue weighted by Gasteiger charge is 2.50. The maximum absolute atomic E-state index is 15.1. The average Bonchev–Trinajstić information content (AvgIpc) is 3.04. The van der Waals surface area contributed by atoms with Crippen LogP contribution in [0.4, 0.5) is 20.6 Å². The van der Waals surface area contributed by atoms with Crippen molar-refractivity contribution >= 4 is 23.4 Å². The molecule has 1 aliphatic carbocycles. The van der Waals surface area contributed by atoms with E-state index in [9.17, 15) is 19.8 Å². The highest BCUT2D eigenvalue weighted by atomic mass is 19.1. The second-order valence-electron chi connectivity index (χ2n) is 9.90. The zero-order valence-corrected chi connectivity index (χ0v) is 19.0. The Labute approximate surface area is 188 Å². The lowest BCUT2D eigenvalue weighted by Gasteiger charge is -2.41. The smallest absolute Gasteiger partial charge is 0.412 e. The average molecular weight is 448 g/mol. The Balaban J connectivity index is 1.51. The van der Waals surface area contributed by atoms with Crippen molar-refractivity contribution in [3.63, 3.8) is 0 Å². The molecule has 0 aromatic heterocycles. The summed E-state index contributed by atoms with van der Waals surface area (Å²) in [6.07, 6.45) is 4.23. The van der Waals surface area contributed by atoms with E-state index in [2.05, 4.69) is 0 Å². The van der Waals surface area contributed by atoms with Crippen LogP contribution in [-0.4, -0.2) is 64.9 Å². The van der Waals surface area contributed by atoms with Gasteiger partial charge in [0.1, 0.15) is 5.82 Å². The van der Waals surface area contributed by atoms with Crippen LogP contribution in [0.25, 0.3) is 0 Å². The third kappa shape index (κ3) is 4.17. The number of amides is 2. The van der Waals surface area contributed by atoms with Crippen LogP contribution in [-0.2, 0) is 4.79 Å². The van der Waals surface area contributed by atoms with Crippen molar-refractivity contribution in [1.29, 1.82) is 0 Å². The van der Waals surface area contributed by atoms with E-state index in [-0.39, 0.29) is 24.1 Å². The van der Waals surface area contributed by atoms with Gasteiger partial charge in [0.2, 0.25) is 5.91 Å². The molecule has 3 fully saturated rings. The molecule has 1 aromatic carbocycles. The number of likely N-dealkylation sites (tertiary alicyclic amines) is 1. The maximum Gasteiger partial charge on any atom is 0.412 e. The Morgan fingerprint density at radius 3 is 2.53 bits per heavy atom. The number of hydrogen-bond donors (Lipinski definition) is 2. The summed E-state index contributed by atoms with van der Waals surface area (Å²) in [5.74, 6) is -0.285. The molecule has 7 nitrogen and oxygen atoms in total. The number of nitrogens with zero attached hydrogens (tertiary/aromatic N) is 3. The van der Waals surface area contributed by atoms with Crippen molar-refractivity contribution in [2.24, 2.45) is 5.41 Å². The second kappa shape index (κ2) is 8.89. The van der Waals surface area contributed by atoms with Crippen molar-refractivity contribution in [3.05, 3.63) is 24.0 Å². The van der Waals surface area contributed by atoms with Gasteiger partial charge < -0.3 is 20.0 Å². The fraction of sp³-hybridized carbons (Fsp3) is 0.667. The van der Waals surface area contributed by atoms with Crippen LogP contribution in [0.3, 0.4) is 0 Å². The highest BCUT2D eigenvalue weighted by Crippen LogP contribution is 2.44. The van der Waals surface area contributed by atoms with Crippen molar-refractivity contribution in [2.75, 3.05) is 29.4 Å². The summed E-state index contributed by atoms with van der Waals surface area (Å²) >= 11 is 0. The number of carbonyl (C=O) groups excluding carboxylic acids is 1. The molecule has 3 aliphatic rings. The van der Waals surface area contributed by atoms with Gasteiger partial charge >= 0.3 is 6.09 Å². The van der Waals surface area contributed by atoms with E-state index in [1.807, 2.05) is 9.80 Å². The summed E-state index contributed by atoms with van der Waals surface area (Å²) in [7, 11) is 0. The normalized spacial score (nSPS) is 28.6. The molecule has 1 saturated carbocycles. The minimum atomic E-state index is -1.11. The predicted octanol–water partition coefficient (Wildman–Crippen LogP) is 3.84. The molecular formula is C24H34FN3O4. The van der Waals surface area contributed by atoms with E-state index in [0.717, 1.165) is 56.4 Å². The van der Waals surface area contributed by atoms with Crippen molar-refractivity contribution in [2.45, 2.75) is 77.0 Å². The first-order valence-corrected chi connectivity index (χ1v) is 11.8. The van der Waals surface area contributed by atoms with E-state index < -0.39 is 17.3 Å². The van der Waals surface area contributed by atoms with Gasteiger partial charge in [0.05, 0.1) is 22.9 Å². The molecule has 1 atom stereocenters. The number of carboxylic acid groups (broad SMARTS) is 1. The van der Waals surface area contributed by atoms with Crippen molar-refractivity contribution in [1.82, 2.24) is 4.90 Å². The number of rotatable bonds is 4. The third-order valence-corrected chi connectivity index (χ3v) is 7.50. The number of aliphatic hydroxyl groups excluding tert-OH is 1. The van der Waals surface area contributed by atoms with E-state index in [1.54, 1.807) is 26.0 Å². The van der Waals surface area contributed by atoms with E-state index >= 15 is 4.39 Å². The predicted molar refractivity (Wildman–Crippen MR) is 121 cm³/mol. The lowest BCUT2D eigenvalue weighted by atomic mass is 9.78. The zero-order chi connectivity index (χ0) is 23.0. The molecule has 2 N–H and O–H groups in total. The molecule has 4 rings (SSSR count). The van der Waals surface area contributed by atoms with Crippen molar-refractivity contribution < 1.29 is 24.2 Å². The quantitative estimate of drug-likeness (QED) is 0.733. The first kappa shape index (κ1) is 22.8. The summed E-state index contributed by atoms with van der Waals surface area (Å²) in [5.41, 5.74) is 0.252. The molecule has 1 unspecified atom stereocenters. The Bertz CT molecular complexity index is 871. The first-order chi connectivity index (χ1) is 15.2. The molecule has 0 radical (unpaired) electrons. The van der Waals surface area contributed by atoms with Gasteiger partial charge in [-0.15, -0.1) is 0 Å². The Morgan fingerprint density at radius 2 is 1.91 bits per heavy atom. The van der Waals surface area contributed by atoms with Crippen LogP contribution in [0.15, 0.2) is 18.2 Å². The molecule has 8 heteroatoms. The van der Waals surface area contributed by atoms with Crippen LogP contribution >= 0.6 is 0 Å². The Morgan fingerprint density at radius 1 is 1.19 bits per heavy atom. The highest BCUT2D eigenvalue weighted by molar-refractivity contribution is 5.87. The van der Waals surface area contributed by atoms with Gasteiger partial charge in [-0.1, -0.05) is 0 Å². The minimum absolute atomic E-state index is 0.178. The number of piperidine rings is 1. The minimum Gasteiger partial charge on any atom is -0.465 e. The van der Waals surface area contributed by atoms with Gasteiger partial charge in [0, 0.05) is 31.7 Å². The molecule has 2 amide bonds. The molecule has 32 heavy (non-hydrogen) atoms. The van der Waals surface area contributed by atoms with Crippen LogP contribution < -0.4 is 9.80 Å². The van der Waals surface area contributed by atoms with E-state index in [0.29, 0.717) is 24.5 Å². The maximum atomic E-state index is 15.1. The molecule has 1 spiro atoms. The number of halogens is 1. The number of benzene rings is 1. The monoisotopic (exact) mass is 447 g/mol. The van der Waals surface area contributed by atoms with Gasteiger partial charge in [-0.2, -0.15) is 0 Å². The number of hydrogen-bond acceptors (Lipinski definition) is 4. The Kier molecular flexibility index (Phi) is 6.34.